The summed E-state index contributed by atoms with van der Waals surface area (Å²) in [5, 5.41) is 8.58. The van der Waals surface area contributed by atoms with E-state index in [2.05, 4.69) is 15.9 Å². The van der Waals surface area contributed by atoms with Gasteiger partial charge < -0.3 is 9.84 Å². The molecule has 1 aromatic carbocycles. The fourth-order valence-electron chi connectivity index (χ4n) is 1.17. The molecule has 100 valence electrons. The van der Waals surface area contributed by atoms with E-state index in [1.165, 1.54) is 19.1 Å². The van der Waals surface area contributed by atoms with E-state index in [0.717, 1.165) is 4.47 Å². The summed E-state index contributed by atoms with van der Waals surface area (Å²) in [4.78, 5) is 10.7. The molecule has 0 fully saturated rings. The highest BCUT2D eigenvalue weighted by molar-refractivity contribution is 9.10. The average molecular weight is 337 g/mol. The van der Waals surface area contributed by atoms with Crippen LogP contribution in [0.2, 0.25) is 0 Å². The Balaban J connectivity index is 2.60. The zero-order valence-corrected chi connectivity index (χ0v) is 12.1. The number of hydrogen-bond acceptors (Lipinski definition) is 4. The van der Waals surface area contributed by atoms with Crippen LogP contribution in [0.3, 0.4) is 0 Å². The van der Waals surface area contributed by atoms with Crippen LogP contribution in [0.1, 0.15) is 6.92 Å². The van der Waals surface area contributed by atoms with Gasteiger partial charge in [0.2, 0.25) is 0 Å². The molecule has 1 N–H and O–H groups in total. The SMILES string of the molecule is C[C@H](OCCS(=O)(=O)c1ccc(Br)cc1)C(=O)O. The Bertz CT molecular complexity index is 509. The molecule has 0 aliphatic rings. The van der Waals surface area contributed by atoms with Gasteiger partial charge in [0.05, 0.1) is 17.3 Å². The molecule has 0 aliphatic heterocycles. The van der Waals surface area contributed by atoms with Crippen molar-refractivity contribution in [1.82, 2.24) is 0 Å². The first-order valence-corrected chi connectivity index (χ1v) is 7.60. The molecule has 0 saturated carbocycles. The van der Waals surface area contributed by atoms with Crippen LogP contribution in [0.4, 0.5) is 0 Å². The quantitative estimate of drug-likeness (QED) is 0.855. The molecule has 7 heteroatoms. The summed E-state index contributed by atoms with van der Waals surface area (Å²) >= 11 is 3.22. The number of hydrogen-bond donors (Lipinski definition) is 1. The molecule has 18 heavy (non-hydrogen) atoms. The largest absolute Gasteiger partial charge is 0.479 e. The molecule has 0 spiro atoms. The van der Waals surface area contributed by atoms with Gasteiger partial charge in [0.15, 0.2) is 15.9 Å². The third-order valence-electron chi connectivity index (χ3n) is 2.24. The van der Waals surface area contributed by atoms with Gasteiger partial charge in [-0.1, -0.05) is 15.9 Å². The standard InChI is InChI=1S/C11H13BrO5S/c1-8(11(13)14)17-6-7-18(15,16)10-4-2-9(12)3-5-10/h2-5,8H,6-7H2,1H3,(H,13,14)/t8-/m0/s1. The van der Waals surface area contributed by atoms with Gasteiger partial charge in [-0.25, -0.2) is 13.2 Å². The van der Waals surface area contributed by atoms with Crippen LogP contribution in [0.5, 0.6) is 0 Å². The number of benzene rings is 1. The van der Waals surface area contributed by atoms with E-state index in [1.807, 2.05) is 0 Å². The molecule has 5 nitrogen and oxygen atoms in total. The van der Waals surface area contributed by atoms with Gasteiger partial charge in [-0.05, 0) is 31.2 Å². The highest BCUT2D eigenvalue weighted by atomic mass is 79.9. The second kappa shape index (κ2) is 6.31. The van der Waals surface area contributed by atoms with Crippen molar-refractivity contribution in [1.29, 1.82) is 0 Å². The molecule has 0 amide bonds. The van der Waals surface area contributed by atoms with E-state index in [4.69, 9.17) is 9.84 Å². The Hall–Kier alpha value is -0.920. The minimum Gasteiger partial charge on any atom is -0.479 e. The summed E-state index contributed by atoms with van der Waals surface area (Å²) in [7, 11) is -3.44. The fraction of sp³-hybridized carbons (Fsp3) is 0.364. The number of sulfone groups is 1. The molecule has 0 aromatic heterocycles. The summed E-state index contributed by atoms with van der Waals surface area (Å²) in [6, 6.07) is 6.24. The number of carboxylic acid groups (broad SMARTS) is 1. The normalized spacial score (nSPS) is 13.2. The smallest absolute Gasteiger partial charge is 0.332 e. The molecule has 0 radical (unpaired) electrons. The molecule has 0 bridgehead atoms. The lowest BCUT2D eigenvalue weighted by Gasteiger charge is -2.09. The molecular formula is C11H13BrO5S. The van der Waals surface area contributed by atoms with Crippen molar-refractivity contribution in [3.63, 3.8) is 0 Å². The van der Waals surface area contributed by atoms with Crippen molar-refractivity contribution in [3.8, 4) is 0 Å². The highest BCUT2D eigenvalue weighted by Crippen LogP contribution is 2.15. The van der Waals surface area contributed by atoms with Crippen LogP contribution in [0.25, 0.3) is 0 Å². The van der Waals surface area contributed by atoms with Gasteiger partial charge in [0.25, 0.3) is 0 Å². The molecule has 0 heterocycles. The number of carboxylic acids is 1. The van der Waals surface area contributed by atoms with E-state index in [0.29, 0.717) is 0 Å². The molecule has 1 aromatic rings. The first-order chi connectivity index (χ1) is 8.33. The van der Waals surface area contributed by atoms with Crippen molar-refractivity contribution in [2.45, 2.75) is 17.9 Å². The van der Waals surface area contributed by atoms with Gasteiger partial charge in [-0.2, -0.15) is 0 Å². The predicted octanol–water partition coefficient (Wildman–Crippen LogP) is 1.71. The molecule has 0 saturated heterocycles. The lowest BCUT2D eigenvalue weighted by molar-refractivity contribution is -0.148. The zero-order chi connectivity index (χ0) is 13.8. The third-order valence-corrected chi connectivity index (χ3v) is 4.46. The van der Waals surface area contributed by atoms with E-state index < -0.39 is 21.9 Å². The van der Waals surface area contributed by atoms with Gasteiger partial charge in [-0.15, -0.1) is 0 Å². The van der Waals surface area contributed by atoms with E-state index in [-0.39, 0.29) is 17.3 Å². The second-order valence-electron chi connectivity index (χ2n) is 3.62. The molecular weight excluding hydrogens is 324 g/mol. The maximum Gasteiger partial charge on any atom is 0.332 e. The topological polar surface area (TPSA) is 80.7 Å². The van der Waals surface area contributed by atoms with Crippen LogP contribution in [0, 0.1) is 0 Å². The van der Waals surface area contributed by atoms with Crippen LogP contribution in [-0.2, 0) is 19.4 Å². The van der Waals surface area contributed by atoms with Crippen LogP contribution < -0.4 is 0 Å². The fourth-order valence-corrected chi connectivity index (χ4v) is 2.53. The Morgan fingerprint density at radius 2 is 1.94 bits per heavy atom. The minimum atomic E-state index is -3.44. The minimum absolute atomic E-state index is 0.147. The van der Waals surface area contributed by atoms with Crippen LogP contribution in [-0.4, -0.2) is 38.0 Å². The van der Waals surface area contributed by atoms with E-state index in [9.17, 15) is 13.2 Å². The number of carbonyl (C=O) groups is 1. The Morgan fingerprint density at radius 3 is 2.44 bits per heavy atom. The van der Waals surface area contributed by atoms with Gasteiger partial charge in [0.1, 0.15) is 0 Å². The number of halogens is 1. The van der Waals surface area contributed by atoms with Crippen molar-refractivity contribution < 1.29 is 23.1 Å². The summed E-state index contributed by atoms with van der Waals surface area (Å²) in [6.45, 7) is 1.21. The van der Waals surface area contributed by atoms with Gasteiger partial charge in [0, 0.05) is 4.47 Å². The Morgan fingerprint density at radius 1 is 1.39 bits per heavy atom. The van der Waals surface area contributed by atoms with Crippen molar-refractivity contribution in [2.24, 2.45) is 0 Å². The number of aliphatic carboxylic acids is 1. The van der Waals surface area contributed by atoms with Crippen LogP contribution >= 0.6 is 15.9 Å². The molecule has 0 unspecified atom stereocenters. The van der Waals surface area contributed by atoms with Crippen molar-refractivity contribution >= 4 is 31.7 Å². The van der Waals surface area contributed by atoms with Gasteiger partial charge >= 0.3 is 5.97 Å². The molecule has 1 rings (SSSR count). The van der Waals surface area contributed by atoms with Gasteiger partial charge in [-0.3, -0.25) is 0 Å². The monoisotopic (exact) mass is 336 g/mol. The summed E-state index contributed by atoms with van der Waals surface area (Å²) in [5.74, 6) is -1.36. The third kappa shape index (κ3) is 4.40. The average Bonchev–Trinajstić information content (AvgIpc) is 2.29. The number of ether oxygens (including phenoxy) is 1. The lowest BCUT2D eigenvalue weighted by atomic mass is 10.4. The maximum absolute atomic E-state index is 11.9. The van der Waals surface area contributed by atoms with Crippen LogP contribution in [0.15, 0.2) is 33.6 Å². The summed E-state index contributed by atoms with van der Waals surface area (Å²) in [5.41, 5.74) is 0. The molecule has 0 aliphatic carbocycles. The van der Waals surface area contributed by atoms with E-state index >= 15 is 0 Å². The number of rotatable bonds is 6. The highest BCUT2D eigenvalue weighted by Gasteiger charge is 2.16. The summed E-state index contributed by atoms with van der Waals surface area (Å²) in [6.07, 6.45) is -1.01. The lowest BCUT2D eigenvalue weighted by Crippen LogP contribution is -2.23. The zero-order valence-electron chi connectivity index (χ0n) is 9.67. The van der Waals surface area contributed by atoms with Crippen molar-refractivity contribution in [2.75, 3.05) is 12.4 Å². The Labute approximate surface area is 114 Å². The molecule has 1 atom stereocenters. The Kier molecular flexibility index (Phi) is 5.30. The summed E-state index contributed by atoms with van der Waals surface area (Å²) < 4.78 is 29.4. The predicted molar refractivity (Wildman–Crippen MR) is 69.2 cm³/mol. The maximum atomic E-state index is 11.9. The second-order valence-corrected chi connectivity index (χ2v) is 6.65. The first kappa shape index (κ1) is 15.1. The first-order valence-electron chi connectivity index (χ1n) is 5.15. The van der Waals surface area contributed by atoms with E-state index in [1.54, 1.807) is 12.1 Å². The van der Waals surface area contributed by atoms with Crippen molar-refractivity contribution in [3.05, 3.63) is 28.7 Å².